The number of nitrogens with two attached hydrogens (primary N) is 1. The molecule has 1 spiro atoms. The first-order chi connectivity index (χ1) is 10.2. The van der Waals surface area contributed by atoms with Gasteiger partial charge in [0.2, 0.25) is 0 Å². The summed E-state index contributed by atoms with van der Waals surface area (Å²) >= 11 is 0. The molecule has 1 unspecified atom stereocenters. The quantitative estimate of drug-likeness (QED) is 0.231. The van der Waals surface area contributed by atoms with Gasteiger partial charge in [0.15, 0.2) is 18.3 Å². The van der Waals surface area contributed by atoms with Crippen LogP contribution in [0.25, 0.3) is 0 Å². The maximum Gasteiger partial charge on any atom is 0.311 e. The number of rotatable bonds is 1. The number of aliphatic hydroxyl groups excluding tert-OH is 4. The molecule has 11 nitrogen and oxygen atoms in total. The van der Waals surface area contributed by atoms with E-state index < -0.39 is 60.3 Å². The zero-order valence-corrected chi connectivity index (χ0v) is 11.2. The van der Waals surface area contributed by atoms with E-state index in [-0.39, 0.29) is 5.96 Å². The van der Waals surface area contributed by atoms with Crippen LogP contribution in [-0.2, 0) is 9.47 Å². The van der Waals surface area contributed by atoms with Crippen molar-refractivity contribution in [3.8, 4) is 0 Å². The highest BCUT2D eigenvalue weighted by Crippen LogP contribution is 2.58. The highest BCUT2D eigenvalue weighted by Gasteiger charge is 2.82. The van der Waals surface area contributed by atoms with Crippen LogP contribution in [0.1, 0.15) is 0 Å². The van der Waals surface area contributed by atoms with Crippen LogP contribution in [-0.4, -0.2) is 91.0 Å². The van der Waals surface area contributed by atoms with E-state index in [1.165, 1.54) is 0 Å². The smallest absolute Gasteiger partial charge is 0.311 e. The standard InChI is InChI=1S/C11H17N3O8/c12-8-13-6(17)2-4-9(19,1-15)5-3(16)10(2,14-8)7(18)11(20,21-4)22-5/h2-7,15-20H,1H2,(H3,12,13,14)/t2-,3+,4-,5-,6-,7+,9-,10?,11+/m1/s1. The van der Waals surface area contributed by atoms with Crippen LogP contribution < -0.4 is 11.1 Å². The lowest BCUT2D eigenvalue weighted by Crippen LogP contribution is -2.95. The maximum absolute atomic E-state index is 10.6. The van der Waals surface area contributed by atoms with Crippen molar-refractivity contribution in [2.45, 2.75) is 47.8 Å². The van der Waals surface area contributed by atoms with E-state index in [1.54, 1.807) is 0 Å². The normalized spacial score (nSPS) is 62.4. The summed E-state index contributed by atoms with van der Waals surface area (Å²) in [5.41, 5.74) is 1.74. The summed E-state index contributed by atoms with van der Waals surface area (Å²) in [5, 5.41) is 64.3. The lowest BCUT2D eigenvalue weighted by Gasteiger charge is -2.71. The molecule has 5 aliphatic rings. The Kier molecular flexibility index (Phi) is 2.57. The molecule has 0 aromatic rings. The molecule has 4 bridgehead atoms. The van der Waals surface area contributed by atoms with Crippen molar-refractivity contribution in [1.82, 2.24) is 5.32 Å². The molecular weight excluding hydrogens is 302 g/mol. The SMILES string of the molecule is NC1=N[C@H](O)[C@H]2[C@H]3O[C@]4(O)O[C@H]([C@H](O)C2(N1)[C@@H]4O)[C@@]3(O)CO. The highest BCUT2D eigenvalue weighted by atomic mass is 16.9. The number of ether oxygens (including phenoxy) is 2. The van der Waals surface area contributed by atoms with Crippen molar-refractivity contribution in [3.05, 3.63) is 0 Å². The molecule has 0 radical (unpaired) electrons. The van der Waals surface area contributed by atoms with Gasteiger partial charge in [0.05, 0.1) is 12.5 Å². The molecule has 3 saturated heterocycles. The lowest BCUT2D eigenvalue weighted by molar-refractivity contribution is -0.548. The molecule has 4 fully saturated rings. The summed E-state index contributed by atoms with van der Waals surface area (Å²) in [5.74, 6) is -3.95. The third-order valence-corrected chi connectivity index (χ3v) is 5.22. The Balaban J connectivity index is 1.95. The molecule has 0 aromatic heterocycles. The number of hydrogen-bond acceptors (Lipinski definition) is 11. The van der Waals surface area contributed by atoms with Crippen LogP contribution in [0.4, 0.5) is 0 Å². The van der Waals surface area contributed by atoms with Crippen molar-refractivity contribution >= 4 is 5.96 Å². The third-order valence-electron chi connectivity index (χ3n) is 5.22. The van der Waals surface area contributed by atoms with Gasteiger partial charge >= 0.3 is 5.97 Å². The summed E-state index contributed by atoms with van der Waals surface area (Å²) in [6.45, 7) is -0.857. The van der Waals surface area contributed by atoms with E-state index in [9.17, 15) is 30.6 Å². The molecule has 11 heteroatoms. The second-order valence-electron chi connectivity index (χ2n) is 6.22. The molecule has 1 saturated carbocycles. The van der Waals surface area contributed by atoms with Crippen molar-refractivity contribution in [1.29, 1.82) is 0 Å². The Labute approximate surface area is 123 Å². The van der Waals surface area contributed by atoms with Crippen LogP contribution in [0, 0.1) is 5.92 Å². The Morgan fingerprint density at radius 1 is 1.18 bits per heavy atom. The van der Waals surface area contributed by atoms with Gasteiger partial charge in [-0.05, 0) is 0 Å². The molecule has 22 heavy (non-hydrogen) atoms. The monoisotopic (exact) mass is 319 g/mol. The van der Waals surface area contributed by atoms with Gasteiger partial charge in [-0.2, -0.15) is 0 Å². The first-order valence-corrected chi connectivity index (χ1v) is 6.77. The van der Waals surface area contributed by atoms with E-state index in [0.717, 1.165) is 0 Å². The van der Waals surface area contributed by atoms with Gasteiger partial charge in [0.25, 0.3) is 0 Å². The fraction of sp³-hybridized carbons (Fsp3) is 0.909. The summed E-state index contributed by atoms with van der Waals surface area (Å²) in [7, 11) is 0. The molecule has 1 aliphatic carbocycles. The number of nitrogens with zero attached hydrogens (tertiary/aromatic N) is 1. The Morgan fingerprint density at radius 2 is 1.82 bits per heavy atom. The van der Waals surface area contributed by atoms with E-state index >= 15 is 0 Å². The van der Waals surface area contributed by atoms with Crippen LogP contribution in [0.5, 0.6) is 0 Å². The van der Waals surface area contributed by atoms with Crippen LogP contribution in [0.2, 0.25) is 0 Å². The minimum absolute atomic E-state index is 0.250. The minimum Gasteiger partial charge on any atom is -0.393 e. The van der Waals surface area contributed by atoms with Gasteiger partial charge in [-0.3, -0.25) is 0 Å². The molecule has 124 valence electrons. The average molecular weight is 319 g/mol. The van der Waals surface area contributed by atoms with Crippen LogP contribution in [0.15, 0.2) is 4.99 Å². The zero-order chi connectivity index (χ0) is 16.1. The molecule has 0 amide bonds. The molecule has 4 heterocycles. The van der Waals surface area contributed by atoms with Crippen LogP contribution in [0.3, 0.4) is 0 Å². The molecular formula is C11H17N3O8. The van der Waals surface area contributed by atoms with E-state index in [2.05, 4.69) is 10.3 Å². The summed E-state index contributed by atoms with van der Waals surface area (Å²) < 4.78 is 10.3. The molecule has 4 aliphatic heterocycles. The minimum atomic E-state index is -2.52. The predicted octanol–water partition coefficient (Wildman–Crippen LogP) is -5.52. The van der Waals surface area contributed by atoms with Crippen molar-refractivity contribution in [2.75, 3.05) is 6.61 Å². The second kappa shape index (κ2) is 3.88. The summed E-state index contributed by atoms with van der Waals surface area (Å²) in [6, 6.07) is 0. The fourth-order valence-corrected chi connectivity index (χ4v) is 4.24. The van der Waals surface area contributed by atoms with Gasteiger partial charge in [-0.1, -0.05) is 0 Å². The summed E-state index contributed by atoms with van der Waals surface area (Å²) in [4.78, 5) is 3.70. The topological polar surface area (TPSA) is 190 Å². The van der Waals surface area contributed by atoms with Crippen molar-refractivity contribution in [3.63, 3.8) is 0 Å². The average Bonchev–Trinajstić information content (AvgIpc) is 2.45. The largest absolute Gasteiger partial charge is 0.393 e. The number of aliphatic imine (C=N–C) groups is 1. The first-order valence-electron chi connectivity index (χ1n) is 6.77. The maximum atomic E-state index is 10.6. The molecule has 5 rings (SSSR count). The Bertz CT molecular complexity index is 561. The van der Waals surface area contributed by atoms with E-state index in [1.807, 2.05) is 0 Å². The Hall–Kier alpha value is -1.05. The number of hydrogen-bond donors (Lipinski definition) is 8. The lowest BCUT2D eigenvalue weighted by atomic mass is 9.55. The second-order valence-corrected chi connectivity index (χ2v) is 6.22. The summed E-state index contributed by atoms with van der Waals surface area (Å²) in [6.07, 6.45) is -7.77. The number of guanidine groups is 1. The van der Waals surface area contributed by atoms with Gasteiger partial charge < -0.3 is 51.2 Å². The predicted molar refractivity (Wildman–Crippen MR) is 65.7 cm³/mol. The highest BCUT2D eigenvalue weighted by molar-refractivity contribution is 5.80. The van der Waals surface area contributed by atoms with E-state index in [0.29, 0.717) is 0 Å². The zero-order valence-electron chi connectivity index (χ0n) is 11.2. The molecule has 9 N–H and O–H groups in total. The van der Waals surface area contributed by atoms with Crippen molar-refractivity contribution < 1.29 is 40.1 Å². The molecule has 9 atom stereocenters. The van der Waals surface area contributed by atoms with E-state index in [4.69, 9.17) is 15.2 Å². The number of nitrogens with one attached hydrogen (secondary N) is 1. The van der Waals surface area contributed by atoms with Gasteiger partial charge in [-0.15, -0.1) is 0 Å². The van der Waals surface area contributed by atoms with Gasteiger partial charge in [0, 0.05) is 0 Å². The van der Waals surface area contributed by atoms with Gasteiger partial charge in [-0.25, -0.2) is 4.99 Å². The first kappa shape index (κ1) is 14.5. The van der Waals surface area contributed by atoms with Gasteiger partial charge in [0.1, 0.15) is 29.5 Å². The number of aliphatic hydroxyl groups is 6. The Morgan fingerprint density at radius 3 is 2.45 bits per heavy atom. The van der Waals surface area contributed by atoms with Crippen molar-refractivity contribution in [2.24, 2.45) is 16.6 Å². The molecule has 0 aromatic carbocycles. The fourth-order valence-electron chi connectivity index (χ4n) is 4.24. The third kappa shape index (κ3) is 1.28. The van der Waals surface area contributed by atoms with Crippen LogP contribution >= 0.6 is 0 Å².